The Morgan fingerprint density at radius 3 is 3.00 bits per heavy atom. The van der Waals surface area contributed by atoms with Gasteiger partial charge < -0.3 is 9.73 Å². The van der Waals surface area contributed by atoms with Gasteiger partial charge in [0, 0.05) is 11.3 Å². The number of nitrogens with zero attached hydrogens (tertiary/aromatic N) is 1. The van der Waals surface area contributed by atoms with Crippen LogP contribution in [-0.2, 0) is 11.2 Å². The number of nitrogens with one attached hydrogen (secondary N) is 1. The molecule has 0 bridgehead atoms. The summed E-state index contributed by atoms with van der Waals surface area (Å²) in [5, 5.41) is 5.14. The van der Waals surface area contributed by atoms with E-state index in [0.29, 0.717) is 23.0 Å². The second-order valence-corrected chi connectivity index (χ2v) is 6.10. The molecule has 0 aliphatic rings. The minimum atomic E-state index is -0.293. The van der Waals surface area contributed by atoms with E-state index in [1.54, 1.807) is 25.3 Å². The molecule has 6 heteroatoms. The average molecular weight is 330 g/mol. The van der Waals surface area contributed by atoms with E-state index in [9.17, 15) is 9.18 Å². The first kappa shape index (κ1) is 15.4. The highest BCUT2D eigenvalue weighted by Gasteiger charge is 2.16. The van der Waals surface area contributed by atoms with Crippen LogP contribution in [0.25, 0.3) is 11.5 Å². The fourth-order valence-electron chi connectivity index (χ4n) is 2.21. The van der Waals surface area contributed by atoms with Crippen LogP contribution in [0.3, 0.4) is 0 Å². The molecule has 0 fully saturated rings. The van der Waals surface area contributed by atoms with Gasteiger partial charge in [0.25, 0.3) is 0 Å². The molecule has 3 rings (SSSR count). The molecule has 2 aromatic heterocycles. The lowest BCUT2D eigenvalue weighted by Gasteiger charge is -2.10. The first-order valence-corrected chi connectivity index (χ1v) is 8.04. The summed E-state index contributed by atoms with van der Waals surface area (Å²) in [6.07, 6.45) is 2.05. The summed E-state index contributed by atoms with van der Waals surface area (Å²) in [4.78, 5) is 16.6. The highest BCUT2D eigenvalue weighted by molar-refractivity contribution is 7.14. The van der Waals surface area contributed by atoms with Crippen molar-refractivity contribution in [3.63, 3.8) is 0 Å². The molecule has 2 heterocycles. The van der Waals surface area contributed by atoms with Crippen LogP contribution in [-0.4, -0.2) is 10.9 Å². The van der Waals surface area contributed by atoms with Crippen LogP contribution in [0.5, 0.6) is 0 Å². The highest BCUT2D eigenvalue weighted by Crippen LogP contribution is 2.25. The van der Waals surface area contributed by atoms with Gasteiger partial charge >= 0.3 is 0 Å². The van der Waals surface area contributed by atoms with Gasteiger partial charge in [0.05, 0.1) is 6.26 Å². The molecule has 0 spiro atoms. The van der Waals surface area contributed by atoms with Crippen molar-refractivity contribution < 1.29 is 13.6 Å². The highest BCUT2D eigenvalue weighted by atomic mass is 32.1. The maximum atomic E-state index is 13.2. The smallest absolute Gasteiger partial charge is 0.229 e. The number of amides is 1. The van der Waals surface area contributed by atoms with Crippen molar-refractivity contribution in [3.05, 3.63) is 59.4 Å². The summed E-state index contributed by atoms with van der Waals surface area (Å²) >= 11 is 1.34. The maximum absolute atomic E-state index is 13.2. The molecule has 0 saturated heterocycles. The molecule has 0 radical (unpaired) electrons. The summed E-state index contributed by atoms with van der Waals surface area (Å²) in [7, 11) is 0. The number of halogens is 1. The maximum Gasteiger partial charge on any atom is 0.229 e. The predicted octanol–water partition coefficient (Wildman–Crippen LogP) is 4.36. The van der Waals surface area contributed by atoms with E-state index >= 15 is 0 Å². The third-order valence-corrected chi connectivity index (χ3v) is 4.14. The topological polar surface area (TPSA) is 55.1 Å². The Bertz CT molecular complexity index is 799. The molecule has 1 N–H and O–H groups in total. The Labute approximate surface area is 137 Å². The van der Waals surface area contributed by atoms with Gasteiger partial charge in [0.15, 0.2) is 10.9 Å². The molecule has 118 valence electrons. The fraction of sp³-hybridized carbons (Fsp3) is 0.176. The van der Waals surface area contributed by atoms with Gasteiger partial charge in [0.1, 0.15) is 11.5 Å². The number of carbonyl (C=O) groups is 1. The normalized spacial score (nSPS) is 12.1. The van der Waals surface area contributed by atoms with Gasteiger partial charge in [-0.05, 0) is 36.2 Å². The summed E-state index contributed by atoms with van der Waals surface area (Å²) in [5.74, 6) is -0.0601. The average Bonchev–Trinajstić information content (AvgIpc) is 3.17. The van der Waals surface area contributed by atoms with Crippen LogP contribution in [0.1, 0.15) is 12.5 Å². The molecule has 4 nitrogen and oxygen atoms in total. The number of carbonyl (C=O) groups excluding carboxylic acids is 1. The Morgan fingerprint density at radius 2 is 2.26 bits per heavy atom. The van der Waals surface area contributed by atoms with Gasteiger partial charge in [-0.3, -0.25) is 4.79 Å². The molecular formula is C17H15FN2O2S. The number of benzene rings is 1. The van der Waals surface area contributed by atoms with E-state index < -0.39 is 0 Å². The first-order valence-electron chi connectivity index (χ1n) is 7.16. The lowest BCUT2D eigenvalue weighted by atomic mass is 10.0. The third kappa shape index (κ3) is 3.84. The summed E-state index contributed by atoms with van der Waals surface area (Å²) in [6.45, 7) is 1.81. The van der Waals surface area contributed by atoms with Crippen LogP contribution in [0.2, 0.25) is 0 Å². The number of furan rings is 1. The molecule has 0 saturated carbocycles. The predicted molar refractivity (Wildman–Crippen MR) is 87.7 cm³/mol. The molecule has 1 unspecified atom stereocenters. The zero-order chi connectivity index (χ0) is 16.2. The standard InChI is InChI=1S/C17H15FN2O2S/c1-11(8-12-4-2-5-13(18)9-12)16(21)20-17-19-14(10-23-17)15-6-3-7-22-15/h2-7,9-11H,8H2,1H3,(H,19,20,21). The number of hydrogen-bond acceptors (Lipinski definition) is 4. The minimum Gasteiger partial charge on any atom is -0.463 e. The second-order valence-electron chi connectivity index (χ2n) is 5.24. The van der Waals surface area contributed by atoms with Gasteiger partial charge in [-0.15, -0.1) is 11.3 Å². The second kappa shape index (κ2) is 6.75. The number of hydrogen-bond donors (Lipinski definition) is 1. The molecule has 1 atom stereocenters. The summed E-state index contributed by atoms with van der Waals surface area (Å²) in [6, 6.07) is 9.89. The Kier molecular flexibility index (Phi) is 4.52. The number of rotatable bonds is 5. The van der Waals surface area contributed by atoms with Crippen LogP contribution in [0.4, 0.5) is 9.52 Å². The van der Waals surface area contributed by atoms with Crippen molar-refractivity contribution in [2.45, 2.75) is 13.3 Å². The van der Waals surface area contributed by atoms with Crippen molar-refractivity contribution in [1.29, 1.82) is 0 Å². The van der Waals surface area contributed by atoms with Gasteiger partial charge in [-0.2, -0.15) is 0 Å². The Hall–Kier alpha value is -2.47. The monoisotopic (exact) mass is 330 g/mol. The summed E-state index contributed by atoms with van der Waals surface area (Å²) in [5.41, 5.74) is 1.48. The molecule has 0 aliphatic heterocycles. The van der Waals surface area contributed by atoms with Crippen LogP contribution < -0.4 is 5.32 Å². The zero-order valence-electron chi connectivity index (χ0n) is 12.5. The van der Waals surface area contributed by atoms with Crippen LogP contribution >= 0.6 is 11.3 Å². The SMILES string of the molecule is CC(Cc1cccc(F)c1)C(=O)Nc1nc(-c2ccco2)cs1. The lowest BCUT2D eigenvalue weighted by Crippen LogP contribution is -2.22. The molecule has 3 aromatic rings. The van der Waals surface area contributed by atoms with Crippen LogP contribution in [0.15, 0.2) is 52.5 Å². The van der Waals surface area contributed by atoms with E-state index in [4.69, 9.17) is 4.42 Å². The molecule has 0 aliphatic carbocycles. The number of anilines is 1. The molecule has 23 heavy (non-hydrogen) atoms. The van der Waals surface area contributed by atoms with E-state index in [-0.39, 0.29) is 17.6 Å². The Balaban J connectivity index is 1.62. The van der Waals surface area contributed by atoms with Crippen molar-refractivity contribution in [2.75, 3.05) is 5.32 Å². The van der Waals surface area contributed by atoms with E-state index in [0.717, 1.165) is 5.56 Å². The fourth-order valence-corrected chi connectivity index (χ4v) is 2.91. The molecule has 1 amide bonds. The van der Waals surface area contributed by atoms with Crippen molar-refractivity contribution in [3.8, 4) is 11.5 Å². The van der Waals surface area contributed by atoms with Crippen molar-refractivity contribution >= 4 is 22.4 Å². The molecular weight excluding hydrogens is 315 g/mol. The van der Waals surface area contributed by atoms with Crippen molar-refractivity contribution in [1.82, 2.24) is 4.98 Å². The summed E-state index contributed by atoms with van der Waals surface area (Å²) < 4.78 is 18.5. The van der Waals surface area contributed by atoms with Crippen LogP contribution in [0, 0.1) is 11.7 Å². The minimum absolute atomic E-state index is 0.144. The van der Waals surface area contributed by atoms with E-state index in [1.165, 1.54) is 23.5 Å². The molecule has 1 aromatic carbocycles. The number of thiazole rings is 1. The first-order chi connectivity index (χ1) is 11.1. The van der Waals surface area contributed by atoms with Gasteiger partial charge in [-0.25, -0.2) is 9.37 Å². The quantitative estimate of drug-likeness (QED) is 0.756. The van der Waals surface area contributed by atoms with Crippen molar-refractivity contribution in [2.24, 2.45) is 5.92 Å². The zero-order valence-corrected chi connectivity index (χ0v) is 13.3. The van der Waals surface area contributed by atoms with E-state index in [1.807, 2.05) is 17.5 Å². The Morgan fingerprint density at radius 1 is 1.39 bits per heavy atom. The lowest BCUT2D eigenvalue weighted by molar-refractivity contribution is -0.119. The number of aromatic nitrogens is 1. The third-order valence-electron chi connectivity index (χ3n) is 3.39. The van der Waals surface area contributed by atoms with Gasteiger partial charge in [0.2, 0.25) is 5.91 Å². The van der Waals surface area contributed by atoms with Gasteiger partial charge in [-0.1, -0.05) is 19.1 Å². The largest absolute Gasteiger partial charge is 0.463 e. The van der Waals surface area contributed by atoms with E-state index in [2.05, 4.69) is 10.3 Å².